The maximum atomic E-state index is 11.5. The number of hydrogen-bond acceptors (Lipinski definition) is 4. The second-order valence-corrected chi connectivity index (χ2v) is 8.50. The summed E-state index contributed by atoms with van der Waals surface area (Å²) in [6, 6.07) is 13.1. The molecule has 4 aromatic rings. The Balaban J connectivity index is 1.52. The predicted molar refractivity (Wildman–Crippen MR) is 131 cm³/mol. The van der Waals surface area contributed by atoms with Crippen LogP contribution >= 0.6 is 35.8 Å². The molecular formula is C23H20Cl2N4OS. The molecule has 31 heavy (non-hydrogen) atoms. The van der Waals surface area contributed by atoms with Gasteiger partial charge in [-0.3, -0.25) is 4.79 Å². The van der Waals surface area contributed by atoms with Crippen molar-refractivity contribution in [3.8, 4) is 11.3 Å². The number of anilines is 1. The molecule has 5 nitrogen and oxygen atoms in total. The number of carbonyl (C=O) groups excluding carboxylic acids is 1. The van der Waals surface area contributed by atoms with Gasteiger partial charge in [0.2, 0.25) is 5.12 Å². The van der Waals surface area contributed by atoms with Crippen molar-refractivity contribution >= 4 is 57.7 Å². The van der Waals surface area contributed by atoms with Gasteiger partial charge in [0.1, 0.15) is 12.1 Å². The molecule has 0 atom stereocenters. The van der Waals surface area contributed by atoms with E-state index in [1.54, 1.807) is 6.07 Å². The molecule has 0 bridgehead atoms. The number of aryl methyl sites for hydroxylation is 2. The van der Waals surface area contributed by atoms with Crippen LogP contribution in [0.3, 0.4) is 0 Å². The monoisotopic (exact) mass is 470 g/mol. The van der Waals surface area contributed by atoms with Gasteiger partial charge in [-0.15, -0.1) is 12.6 Å². The van der Waals surface area contributed by atoms with E-state index in [0.717, 1.165) is 39.2 Å². The van der Waals surface area contributed by atoms with E-state index in [0.29, 0.717) is 28.7 Å². The lowest BCUT2D eigenvalue weighted by atomic mass is 10.0. The highest BCUT2D eigenvalue weighted by Crippen LogP contribution is 2.32. The van der Waals surface area contributed by atoms with Crippen molar-refractivity contribution < 1.29 is 4.79 Å². The molecule has 0 aliphatic carbocycles. The summed E-state index contributed by atoms with van der Waals surface area (Å²) in [4.78, 5) is 20.2. The summed E-state index contributed by atoms with van der Waals surface area (Å²) < 4.78 is 2.15. The largest absolute Gasteiger partial charge is 0.368 e. The molecule has 0 aliphatic rings. The molecule has 0 spiro atoms. The average molecular weight is 471 g/mol. The second kappa shape index (κ2) is 8.91. The third kappa shape index (κ3) is 4.42. The number of benzene rings is 2. The normalized spacial score (nSPS) is 11.1. The lowest BCUT2D eigenvalue weighted by molar-refractivity contribution is 0.109. The molecule has 158 valence electrons. The van der Waals surface area contributed by atoms with Crippen LogP contribution in [-0.4, -0.2) is 26.2 Å². The summed E-state index contributed by atoms with van der Waals surface area (Å²) in [5.74, 6) is 0.718. The minimum Gasteiger partial charge on any atom is -0.368 e. The van der Waals surface area contributed by atoms with Crippen molar-refractivity contribution in [1.29, 1.82) is 0 Å². The Morgan fingerprint density at radius 2 is 1.84 bits per heavy atom. The lowest BCUT2D eigenvalue weighted by Gasteiger charge is -2.12. The first-order chi connectivity index (χ1) is 14.8. The van der Waals surface area contributed by atoms with E-state index in [9.17, 15) is 4.79 Å². The van der Waals surface area contributed by atoms with Crippen LogP contribution in [0.5, 0.6) is 0 Å². The summed E-state index contributed by atoms with van der Waals surface area (Å²) in [5.41, 5.74) is 5.16. The summed E-state index contributed by atoms with van der Waals surface area (Å²) in [6.07, 6.45) is 1.53. The van der Waals surface area contributed by atoms with Crippen molar-refractivity contribution in [2.75, 3.05) is 11.9 Å². The van der Waals surface area contributed by atoms with Gasteiger partial charge in [-0.1, -0.05) is 29.3 Å². The van der Waals surface area contributed by atoms with E-state index in [4.69, 9.17) is 23.2 Å². The predicted octanol–water partition coefficient (Wildman–Crippen LogP) is 6.20. The van der Waals surface area contributed by atoms with Gasteiger partial charge in [0, 0.05) is 41.4 Å². The molecule has 2 heterocycles. The maximum absolute atomic E-state index is 11.5. The van der Waals surface area contributed by atoms with Crippen molar-refractivity contribution in [2.24, 2.45) is 0 Å². The van der Waals surface area contributed by atoms with E-state index in [1.165, 1.54) is 6.33 Å². The molecular weight excluding hydrogens is 451 g/mol. The average Bonchev–Trinajstić information content (AvgIpc) is 3.08. The second-order valence-electron chi connectivity index (χ2n) is 7.28. The fourth-order valence-electron chi connectivity index (χ4n) is 3.69. The van der Waals surface area contributed by atoms with Crippen LogP contribution in [0.4, 0.5) is 5.82 Å². The SMILES string of the molecule is Cc1cc(-c2cc(NCCn3c(C)cc4c(Cl)ccc(Cl)c43)ncn2)ccc1C(=O)S. The molecule has 2 aromatic heterocycles. The smallest absolute Gasteiger partial charge is 0.216 e. The fraction of sp³-hybridized carbons (Fsp3) is 0.174. The number of nitrogens with zero attached hydrogens (tertiary/aromatic N) is 3. The molecule has 4 rings (SSSR count). The van der Waals surface area contributed by atoms with Crippen LogP contribution in [0.15, 0.2) is 48.8 Å². The number of thiol groups is 1. The quantitative estimate of drug-likeness (QED) is 0.329. The number of aromatic nitrogens is 3. The van der Waals surface area contributed by atoms with E-state index in [1.807, 2.05) is 50.2 Å². The minimum absolute atomic E-state index is 0.247. The molecule has 0 radical (unpaired) electrons. The highest BCUT2D eigenvalue weighted by atomic mass is 35.5. The van der Waals surface area contributed by atoms with Crippen molar-refractivity contribution in [2.45, 2.75) is 20.4 Å². The van der Waals surface area contributed by atoms with Gasteiger partial charge in [-0.25, -0.2) is 9.97 Å². The number of halogens is 2. The van der Waals surface area contributed by atoms with Gasteiger partial charge in [-0.2, -0.15) is 0 Å². The van der Waals surface area contributed by atoms with E-state index < -0.39 is 0 Å². The summed E-state index contributed by atoms with van der Waals surface area (Å²) in [5, 5.41) is 5.42. The van der Waals surface area contributed by atoms with Crippen LogP contribution in [0.1, 0.15) is 21.6 Å². The molecule has 0 unspecified atom stereocenters. The van der Waals surface area contributed by atoms with Crippen molar-refractivity contribution in [3.05, 3.63) is 75.7 Å². The molecule has 0 saturated heterocycles. The zero-order chi connectivity index (χ0) is 22.1. The Labute approximate surface area is 195 Å². The Morgan fingerprint density at radius 3 is 2.58 bits per heavy atom. The summed E-state index contributed by atoms with van der Waals surface area (Å²) in [6.45, 7) is 5.27. The third-order valence-corrected chi connectivity index (χ3v) is 6.10. The zero-order valence-electron chi connectivity index (χ0n) is 17.0. The first-order valence-electron chi connectivity index (χ1n) is 9.69. The van der Waals surface area contributed by atoms with Gasteiger partial charge >= 0.3 is 0 Å². The highest BCUT2D eigenvalue weighted by molar-refractivity contribution is 7.97. The number of nitrogens with one attached hydrogen (secondary N) is 1. The number of carbonyl (C=O) groups is 1. The molecule has 8 heteroatoms. The van der Waals surface area contributed by atoms with Crippen LogP contribution in [0, 0.1) is 13.8 Å². The Kier molecular flexibility index (Phi) is 6.23. The Hall–Kier alpha value is -2.54. The van der Waals surface area contributed by atoms with Gasteiger partial charge in [0.25, 0.3) is 0 Å². The topological polar surface area (TPSA) is 59.8 Å². The standard InChI is InChI=1S/C23H20Cl2N4OS/c1-13-9-15(3-4-16(13)23(30)31)20-11-21(28-12-27-20)26-7-8-29-14(2)10-17-18(24)5-6-19(25)22(17)29/h3-6,9-12H,7-8H2,1-2H3,(H,30,31)(H,26,27,28). The molecule has 0 fully saturated rings. The molecule has 0 amide bonds. The van der Waals surface area contributed by atoms with E-state index in [2.05, 4.69) is 32.5 Å². The van der Waals surface area contributed by atoms with Crippen molar-refractivity contribution in [3.63, 3.8) is 0 Å². The van der Waals surface area contributed by atoms with E-state index in [-0.39, 0.29) is 5.12 Å². The minimum atomic E-state index is -0.247. The van der Waals surface area contributed by atoms with Gasteiger partial charge in [0.05, 0.1) is 21.3 Å². The molecule has 1 N–H and O–H groups in total. The zero-order valence-corrected chi connectivity index (χ0v) is 19.4. The van der Waals surface area contributed by atoms with Gasteiger partial charge in [0.15, 0.2) is 0 Å². The summed E-state index contributed by atoms with van der Waals surface area (Å²) in [7, 11) is 0. The Morgan fingerprint density at radius 1 is 1.06 bits per heavy atom. The number of hydrogen-bond donors (Lipinski definition) is 2. The molecule has 0 saturated carbocycles. The van der Waals surface area contributed by atoms with E-state index >= 15 is 0 Å². The van der Waals surface area contributed by atoms with Crippen LogP contribution < -0.4 is 5.32 Å². The van der Waals surface area contributed by atoms with Crippen LogP contribution in [-0.2, 0) is 6.54 Å². The fourth-order valence-corrected chi connectivity index (χ4v) is 4.42. The lowest BCUT2D eigenvalue weighted by Crippen LogP contribution is -2.12. The first kappa shape index (κ1) is 21.7. The highest BCUT2D eigenvalue weighted by Gasteiger charge is 2.12. The Bertz CT molecular complexity index is 1300. The number of rotatable bonds is 6. The number of fused-ring (bicyclic) bond motifs is 1. The van der Waals surface area contributed by atoms with Crippen LogP contribution in [0.2, 0.25) is 10.0 Å². The maximum Gasteiger partial charge on any atom is 0.216 e. The van der Waals surface area contributed by atoms with Crippen LogP contribution in [0.25, 0.3) is 22.2 Å². The summed E-state index contributed by atoms with van der Waals surface area (Å²) >= 11 is 16.7. The van der Waals surface area contributed by atoms with Gasteiger partial charge in [-0.05, 0) is 49.7 Å². The third-order valence-electron chi connectivity index (χ3n) is 5.22. The first-order valence-corrected chi connectivity index (χ1v) is 10.9. The molecule has 0 aliphatic heterocycles. The molecule has 2 aromatic carbocycles. The van der Waals surface area contributed by atoms with Crippen molar-refractivity contribution in [1.82, 2.24) is 14.5 Å². The van der Waals surface area contributed by atoms with Gasteiger partial charge < -0.3 is 9.88 Å².